The first-order chi connectivity index (χ1) is 38.0. The zero-order valence-electron chi connectivity index (χ0n) is 52.1. The van der Waals surface area contributed by atoms with E-state index in [0.717, 1.165) is 20.6 Å². The standard InChI is InChI=1S/C47H67N5O11.C9H17NO4.C5H12/c1-28(2)22-35-45(57)61-31(7)41(48)51(10)36(23-29(3)4)46(58)63-39(26-34-20-16-13-17-21-34)44(56)50(9)27-40(53)60-32(8)43(55)52(11)37(24-30(5)6)47(59)62-38(42(54)49-35)25-33-18-14-12-15-19-33;1-6(7(11)12)10(5)8(13)14-9(2,3)4;1-4-5(2)3/h12-21,28-32,35-39,48H,22-27H2,1-11H3,(H,49,54);6H,1-5H3,(H,11,12);5H,4H2,1-3H3/t31?,32?,35-,36-,37-,38?,39?;6-;/m00./s1. The molecule has 1 aliphatic rings. The van der Waals surface area contributed by atoms with E-state index < -0.39 is 114 Å². The Kier molecular flexibility index (Phi) is 31.2. The molecule has 0 spiro atoms. The van der Waals surface area contributed by atoms with Crippen molar-refractivity contribution in [3.63, 3.8) is 0 Å². The van der Waals surface area contributed by atoms with E-state index in [1.165, 1.54) is 60.3 Å². The second kappa shape index (κ2) is 35.1. The minimum Gasteiger partial charge on any atom is -0.480 e. The molecule has 1 saturated heterocycles. The molecule has 3 N–H and O–H groups in total. The Labute approximate surface area is 486 Å². The molecule has 21 nitrogen and oxygen atoms in total. The van der Waals surface area contributed by atoms with Crippen LogP contribution in [0.15, 0.2) is 60.7 Å². The van der Waals surface area contributed by atoms with Gasteiger partial charge in [-0.15, -0.1) is 0 Å². The summed E-state index contributed by atoms with van der Waals surface area (Å²) in [5.74, 6) is -6.52. The average molecular weight is 1150 g/mol. The van der Waals surface area contributed by atoms with Crippen LogP contribution in [0.3, 0.4) is 0 Å². The van der Waals surface area contributed by atoms with Gasteiger partial charge in [-0.25, -0.2) is 24.0 Å². The molecule has 0 aromatic heterocycles. The molecule has 4 unspecified atom stereocenters. The fourth-order valence-electron chi connectivity index (χ4n) is 7.80. The first-order valence-electron chi connectivity index (χ1n) is 28.2. The average Bonchev–Trinajstić information content (AvgIpc) is 3.45. The zero-order chi connectivity index (χ0) is 62.9. The molecule has 1 aliphatic heterocycles. The van der Waals surface area contributed by atoms with Crippen LogP contribution < -0.4 is 5.32 Å². The molecule has 0 bridgehead atoms. The number of rotatable bonds is 13. The van der Waals surface area contributed by atoms with Crippen LogP contribution in [0.1, 0.15) is 141 Å². The van der Waals surface area contributed by atoms with E-state index in [1.54, 1.807) is 81.4 Å². The highest BCUT2D eigenvalue weighted by atomic mass is 16.6. The van der Waals surface area contributed by atoms with Gasteiger partial charge in [-0.1, -0.05) is 129 Å². The number of cyclic esters (lactones) is 4. The summed E-state index contributed by atoms with van der Waals surface area (Å²) in [5.41, 5.74) is 0.714. The quantitative estimate of drug-likeness (QED) is 0.128. The third-order valence-corrected chi connectivity index (χ3v) is 13.0. The van der Waals surface area contributed by atoms with E-state index in [4.69, 9.17) is 34.2 Å². The summed E-state index contributed by atoms with van der Waals surface area (Å²) in [6.07, 6.45) is -4.48. The minimum absolute atomic E-state index is 0.0451. The van der Waals surface area contributed by atoms with Crippen molar-refractivity contribution in [2.24, 2.45) is 23.7 Å². The number of nitrogens with zero attached hydrogens (tertiary/aromatic N) is 4. The Morgan fingerprint density at radius 2 is 1.10 bits per heavy atom. The van der Waals surface area contributed by atoms with Gasteiger partial charge in [0.25, 0.3) is 17.7 Å². The van der Waals surface area contributed by atoms with Crippen LogP contribution in [0, 0.1) is 29.1 Å². The van der Waals surface area contributed by atoms with Gasteiger partial charge >= 0.3 is 35.9 Å². The molecule has 3 rings (SSSR count). The molecule has 8 atom stereocenters. The van der Waals surface area contributed by atoms with Gasteiger partial charge in [0, 0.05) is 41.0 Å². The van der Waals surface area contributed by atoms with Crippen LogP contribution in [-0.2, 0) is 74.9 Å². The summed E-state index contributed by atoms with van der Waals surface area (Å²) in [5, 5.41) is 20.4. The number of aliphatic carboxylic acids is 1. The maximum atomic E-state index is 14.2. The van der Waals surface area contributed by atoms with Crippen LogP contribution >= 0.6 is 0 Å². The number of nitrogens with one attached hydrogen (secondary N) is 2. The molecule has 2 aromatic rings. The van der Waals surface area contributed by atoms with Crippen LogP contribution in [0.5, 0.6) is 0 Å². The first kappa shape index (κ1) is 73.0. The maximum Gasteiger partial charge on any atom is 0.410 e. The molecule has 21 heteroatoms. The summed E-state index contributed by atoms with van der Waals surface area (Å²) >= 11 is 0. The number of carbonyl (C=O) groups excluding carboxylic acids is 8. The highest BCUT2D eigenvalue weighted by Crippen LogP contribution is 2.21. The second-order valence-electron chi connectivity index (χ2n) is 23.5. The number of ether oxygens (including phenoxy) is 5. The van der Waals surface area contributed by atoms with E-state index >= 15 is 0 Å². The Hall–Kier alpha value is -7.06. The molecule has 460 valence electrons. The van der Waals surface area contributed by atoms with Gasteiger partial charge in [0.05, 0.1) is 0 Å². The van der Waals surface area contributed by atoms with Crippen molar-refractivity contribution in [2.75, 3.05) is 34.7 Å². The maximum absolute atomic E-state index is 14.2. The number of amidine groups is 1. The van der Waals surface area contributed by atoms with Crippen molar-refractivity contribution in [3.8, 4) is 0 Å². The Morgan fingerprint density at radius 3 is 1.52 bits per heavy atom. The number of likely N-dealkylation sites (N-methyl/N-ethyl adjacent to an activating group) is 4. The third kappa shape index (κ3) is 26.2. The van der Waals surface area contributed by atoms with E-state index in [-0.39, 0.29) is 55.7 Å². The Bertz CT molecular complexity index is 2390. The second-order valence-corrected chi connectivity index (χ2v) is 23.5. The lowest BCUT2D eigenvalue weighted by molar-refractivity contribution is -0.169. The van der Waals surface area contributed by atoms with Gasteiger partial charge in [-0.3, -0.25) is 29.5 Å². The Morgan fingerprint density at radius 1 is 0.659 bits per heavy atom. The van der Waals surface area contributed by atoms with Crippen LogP contribution in [0.4, 0.5) is 4.79 Å². The largest absolute Gasteiger partial charge is 0.480 e. The number of amides is 4. The van der Waals surface area contributed by atoms with Gasteiger partial charge in [0.1, 0.15) is 42.1 Å². The molecule has 0 aliphatic carbocycles. The number of hydrogen-bond acceptors (Lipinski definition) is 15. The smallest absolute Gasteiger partial charge is 0.410 e. The summed E-state index contributed by atoms with van der Waals surface area (Å²) in [6, 6.07) is 13.2. The molecular weight excluding hydrogens is 1060 g/mol. The molecule has 82 heavy (non-hydrogen) atoms. The van der Waals surface area contributed by atoms with Gasteiger partial charge in [0.15, 0.2) is 24.4 Å². The molecule has 0 radical (unpaired) electrons. The summed E-state index contributed by atoms with van der Waals surface area (Å²) < 4.78 is 28.2. The highest BCUT2D eigenvalue weighted by molar-refractivity contribution is 5.94. The highest BCUT2D eigenvalue weighted by Gasteiger charge is 2.39. The number of esters is 4. The lowest BCUT2D eigenvalue weighted by Crippen LogP contribution is -2.53. The summed E-state index contributed by atoms with van der Waals surface area (Å²) in [4.78, 5) is 124. The van der Waals surface area contributed by atoms with Gasteiger partial charge in [0.2, 0.25) is 0 Å². The van der Waals surface area contributed by atoms with Crippen molar-refractivity contribution in [2.45, 2.75) is 197 Å². The first-order valence-corrected chi connectivity index (χ1v) is 28.2. The summed E-state index contributed by atoms with van der Waals surface area (Å²) in [6.45, 7) is 26.6. The SMILES string of the molecule is CC(C)C[C@@H]1NC(=O)C(Cc2ccccc2)OC(=O)[C@H](CC(C)C)N(C)C(=O)C(C)OC(=O)CN(C)C(=O)C(Cc2ccccc2)OC(=O)[C@H](CC(C)C)N(C)C(=N)C(C)OC1=O.CCC(C)C.C[C@@H](C(=O)O)N(C)C(=O)OC(C)(C)C. The van der Waals surface area contributed by atoms with Gasteiger partial charge in [-0.05, 0) is 95.6 Å². The lowest BCUT2D eigenvalue weighted by atomic mass is 10.0. The van der Waals surface area contributed by atoms with Crippen molar-refractivity contribution in [3.05, 3.63) is 71.8 Å². The predicted octanol–water partition coefficient (Wildman–Crippen LogP) is 7.74. The fraction of sp³-hybridized carbons (Fsp3) is 0.639. The number of carbonyl (C=O) groups is 9. The Balaban J connectivity index is 0.00000150. The molecule has 4 amide bonds. The number of carboxylic acid groups (broad SMARTS) is 1. The lowest BCUT2D eigenvalue weighted by Gasteiger charge is -2.34. The van der Waals surface area contributed by atoms with Crippen LogP contribution in [-0.4, -0.2) is 173 Å². The van der Waals surface area contributed by atoms with Crippen LogP contribution in [0.25, 0.3) is 0 Å². The zero-order valence-corrected chi connectivity index (χ0v) is 52.1. The van der Waals surface area contributed by atoms with E-state index in [0.29, 0.717) is 11.1 Å². The van der Waals surface area contributed by atoms with E-state index in [9.17, 15) is 43.2 Å². The van der Waals surface area contributed by atoms with E-state index in [2.05, 4.69) is 26.1 Å². The number of carboxylic acids is 1. The third-order valence-electron chi connectivity index (χ3n) is 13.0. The molecule has 2 aromatic carbocycles. The van der Waals surface area contributed by atoms with Crippen LogP contribution in [0.2, 0.25) is 0 Å². The molecule has 1 fully saturated rings. The van der Waals surface area contributed by atoms with Gasteiger partial charge < -0.3 is 48.8 Å². The van der Waals surface area contributed by atoms with Crippen molar-refractivity contribution in [1.82, 2.24) is 24.9 Å². The fourth-order valence-corrected chi connectivity index (χ4v) is 7.80. The molecule has 0 saturated carbocycles. The number of benzene rings is 2. The minimum atomic E-state index is -1.45. The van der Waals surface area contributed by atoms with Crippen molar-refractivity contribution < 1.29 is 71.9 Å². The molecular formula is C61H96N6O15. The normalized spacial score (nSPS) is 21.9. The predicted molar refractivity (Wildman–Crippen MR) is 311 cm³/mol. The van der Waals surface area contributed by atoms with Gasteiger partial charge in [-0.2, -0.15) is 0 Å². The number of hydrogen-bond donors (Lipinski definition) is 3. The molecule has 1 heterocycles. The van der Waals surface area contributed by atoms with Crippen molar-refractivity contribution >= 4 is 59.5 Å². The monoisotopic (exact) mass is 1150 g/mol. The van der Waals surface area contributed by atoms with E-state index in [1.807, 2.05) is 41.5 Å². The topological polar surface area (TPSA) is 269 Å². The van der Waals surface area contributed by atoms with Crippen molar-refractivity contribution in [1.29, 1.82) is 5.41 Å². The summed E-state index contributed by atoms with van der Waals surface area (Å²) in [7, 11) is 5.59.